The summed E-state index contributed by atoms with van der Waals surface area (Å²) >= 11 is 0. The van der Waals surface area contributed by atoms with Gasteiger partial charge >= 0.3 is 0 Å². The molecule has 2 aromatic rings. The number of halogens is 1. The fourth-order valence-corrected chi connectivity index (χ4v) is 3.63. The molecular weight excluding hydrogens is 411 g/mol. The van der Waals surface area contributed by atoms with Gasteiger partial charge in [0.05, 0.1) is 6.61 Å². The second kappa shape index (κ2) is 13.0. The Bertz CT molecular complexity index is 842. The molecule has 0 aliphatic carbocycles. The standard InChI is InChI=1S/C25H33FN2O4/c1-28(21-11-15-30-16-12-21)13-17-31-22-7-4-6-20(18-22)19-27-25(29)10-5-14-32-24-9-3-2-8-23(24)26/h2-4,6-9,18,21H,5,10-17,19H2,1H3,(H,27,29). The van der Waals surface area contributed by atoms with Gasteiger partial charge in [-0.25, -0.2) is 4.39 Å². The summed E-state index contributed by atoms with van der Waals surface area (Å²) in [5.41, 5.74) is 0.983. The minimum atomic E-state index is -0.394. The van der Waals surface area contributed by atoms with Gasteiger partial charge < -0.3 is 19.5 Å². The number of ether oxygens (including phenoxy) is 3. The lowest BCUT2D eigenvalue weighted by atomic mass is 10.1. The molecule has 1 fully saturated rings. The normalized spacial score (nSPS) is 14.3. The molecule has 0 radical (unpaired) electrons. The molecule has 6 nitrogen and oxygen atoms in total. The molecular formula is C25H33FN2O4. The lowest BCUT2D eigenvalue weighted by Gasteiger charge is -2.31. The zero-order valence-electron chi connectivity index (χ0n) is 18.7. The first-order chi connectivity index (χ1) is 15.6. The summed E-state index contributed by atoms with van der Waals surface area (Å²) < 4.78 is 30.2. The van der Waals surface area contributed by atoms with Crippen LogP contribution < -0.4 is 14.8 Å². The molecule has 1 amide bonds. The summed E-state index contributed by atoms with van der Waals surface area (Å²) in [7, 11) is 2.13. The quantitative estimate of drug-likeness (QED) is 0.505. The van der Waals surface area contributed by atoms with E-state index in [9.17, 15) is 9.18 Å². The first kappa shape index (κ1) is 24.0. The van der Waals surface area contributed by atoms with Crippen molar-refractivity contribution >= 4 is 5.91 Å². The Kier molecular flexibility index (Phi) is 9.78. The fourth-order valence-electron chi connectivity index (χ4n) is 3.63. The van der Waals surface area contributed by atoms with E-state index in [0.29, 0.717) is 38.6 Å². The van der Waals surface area contributed by atoms with E-state index < -0.39 is 5.82 Å². The topological polar surface area (TPSA) is 60.0 Å². The summed E-state index contributed by atoms with van der Waals surface area (Å²) in [5, 5.41) is 2.91. The summed E-state index contributed by atoms with van der Waals surface area (Å²) in [6.45, 7) is 3.88. The zero-order chi connectivity index (χ0) is 22.6. The largest absolute Gasteiger partial charge is 0.492 e. The van der Waals surface area contributed by atoms with Gasteiger partial charge in [0.25, 0.3) is 0 Å². The Labute approximate surface area is 189 Å². The summed E-state index contributed by atoms with van der Waals surface area (Å²) in [6.07, 6.45) is 2.98. The summed E-state index contributed by atoms with van der Waals surface area (Å²) in [4.78, 5) is 14.4. The van der Waals surface area contributed by atoms with Crippen LogP contribution in [0.4, 0.5) is 4.39 Å². The van der Waals surface area contributed by atoms with Gasteiger partial charge in [-0.1, -0.05) is 24.3 Å². The Morgan fingerprint density at radius 3 is 2.75 bits per heavy atom. The van der Waals surface area contributed by atoms with Crippen LogP contribution in [0.25, 0.3) is 0 Å². The lowest BCUT2D eigenvalue weighted by molar-refractivity contribution is -0.121. The third-order valence-corrected chi connectivity index (χ3v) is 5.56. The van der Waals surface area contributed by atoms with Crippen molar-refractivity contribution in [3.63, 3.8) is 0 Å². The van der Waals surface area contributed by atoms with Crippen LogP contribution in [0.5, 0.6) is 11.5 Å². The van der Waals surface area contributed by atoms with Crippen LogP contribution in [0.2, 0.25) is 0 Å². The highest BCUT2D eigenvalue weighted by Crippen LogP contribution is 2.16. The number of hydrogen-bond acceptors (Lipinski definition) is 5. The van der Waals surface area contributed by atoms with Crippen molar-refractivity contribution in [1.29, 1.82) is 0 Å². The van der Waals surface area contributed by atoms with Crippen molar-refractivity contribution < 1.29 is 23.4 Å². The van der Waals surface area contributed by atoms with E-state index in [-0.39, 0.29) is 11.7 Å². The van der Waals surface area contributed by atoms with Gasteiger partial charge in [0.15, 0.2) is 11.6 Å². The Hall–Kier alpha value is -2.64. The van der Waals surface area contributed by atoms with E-state index in [1.54, 1.807) is 18.2 Å². The molecule has 3 rings (SSSR count). The number of benzene rings is 2. The van der Waals surface area contributed by atoms with Crippen LogP contribution in [0, 0.1) is 5.82 Å². The van der Waals surface area contributed by atoms with Crippen molar-refractivity contribution in [3.8, 4) is 11.5 Å². The maximum atomic E-state index is 13.5. The Morgan fingerprint density at radius 1 is 1.12 bits per heavy atom. The number of rotatable bonds is 12. The lowest BCUT2D eigenvalue weighted by Crippen LogP contribution is -2.38. The Balaban J connectivity index is 1.31. The SMILES string of the molecule is CN(CCOc1cccc(CNC(=O)CCCOc2ccccc2F)c1)C1CCOCC1. The van der Waals surface area contributed by atoms with Gasteiger partial charge in [-0.2, -0.15) is 0 Å². The minimum absolute atomic E-state index is 0.0634. The summed E-state index contributed by atoms with van der Waals surface area (Å²) in [5.74, 6) is 0.555. The van der Waals surface area contributed by atoms with Gasteiger partial charge in [0, 0.05) is 38.8 Å². The van der Waals surface area contributed by atoms with Crippen LogP contribution in [0.1, 0.15) is 31.2 Å². The fraction of sp³-hybridized carbons (Fsp3) is 0.480. The van der Waals surface area contributed by atoms with Crippen molar-refractivity contribution in [1.82, 2.24) is 10.2 Å². The van der Waals surface area contributed by atoms with E-state index in [1.165, 1.54) is 6.07 Å². The first-order valence-electron chi connectivity index (χ1n) is 11.3. The van der Waals surface area contributed by atoms with Crippen molar-refractivity contribution in [2.24, 2.45) is 0 Å². The van der Waals surface area contributed by atoms with Gasteiger partial charge in [-0.3, -0.25) is 9.69 Å². The molecule has 1 N–H and O–H groups in total. The molecule has 0 aromatic heterocycles. The molecule has 0 saturated carbocycles. The van der Waals surface area contributed by atoms with Gasteiger partial charge in [-0.05, 0) is 56.1 Å². The average molecular weight is 445 g/mol. The van der Waals surface area contributed by atoms with Crippen molar-refractivity contribution in [3.05, 3.63) is 59.9 Å². The maximum Gasteiger partial charge on any atom is 0.220 e. The van der Waals surface area contributed by atoms with Crippen LogP contribution >= 0.6 is 0 Å². The molecule has 1 aliphatic heterocycles. The molecule has 174 valence electrons. The van der Waals surface area contributed by atoms with E-state index in [1.807, 2.05) is 24.3 Å². The number of para-hydroxylation sites is 1. The smallest absolute Gasteiger partial charge is 0.220 e. The van der Waals surface area contributed by atoms with Gasteiger partial charge in [0.2, 0.25) is 5.91 Å². The van der Waals surface area contributed by atoms with E-state index in [2.05, 4.69) is 17.3 Å². The highest BCUT2D eigenvalue weighted by molar-refractivity contribution is 5.75. The molecule has 1 saturated heterocycles. The second-order valence-electron chi connectivity index (χ2n) is 7.98. The zero-order valence-corrected chi connectivity index (χ0v) is 18.7. The number of nitrogens with one attached hydrogen (secondary N) is 1. The van der Waals surface area contributed by atoms with E-state index in [0.717, 1.165) is 43.9 Å². The summed E-state index contributed by atoms with van der Waals surface area (Å²) in [6, 6.07) is 14.6. The molecule has 0 unspecified atom stereocenters. The highest BCUT2D eigenvalue weighted by atomic mass is 19.1. The molecule has 1 heterocycles. The van der Waals surface area contributed by atoms with E-state index >= 15 is 0 Å². The maximum absolute atomic E-state index is 13.5. The number of hydrogen-bond donors (Lipinski definition) is 1. The molecule has 1 aliphatic rings. The van der Waals surface area contributed by atoms with Crippen molar-refractivity contribution in [2.45, 2.75) is 38.3 Å². The molecule has 2 aromatic carbocycles. The minimum Gasteiger partial charge on any atom is -0.492 e. The molecule has 0 bridgehead atoms. The average Bonchev–Trinajstić information content (AvgIpc) is 2.82. The number of carbonyl (C=O) groups is 1. The molecule has 0 spiro atoms. The molecule has 7 heteroatoms. The number of nitrogens with zero attached hydrogens (tertiary/aromatic N) is 1. The number of likely N-dealkylation sites (N-methyl/N-ethyl adjacent to an activating group) is 1. The second-order valence-corrected chi connectivity index (χ2v) is 7.98. The van der Waals surface area contributed by atoms with Crippen LogP contribution in [0.15, 0.2) is 48.5 Å². The molecule has 32 heavy (non-hydrogen) atoms. The predicted molar refractivity (Wildman–Crippen MR) is 121 cm³/mol. The number of carbonyl (C=O) groups excluding carboxylic acids is 1. The highest BCUT2D eigenvalue weighted by Gasteiger charge is 2.18. The monoisotopic (exact) mass is 444 g/mol. The van der Waals surface area contributed by atoms with E-state index in [4.69, 9.17) is 14.2 Å². The van der Waals surface area contributed by atoms with Crippen LogP contribution in [-0.2, 0) is 16.1 Å². The van der Waals surface area contributed by atoms with Crippen molar-refractivity contribution in [2.75, 3.05) is 40.0 Å². The number of amides is 1. The molecule has 0 atom stereocenters. The third kappa shape index (κ3) is 8.13. The Morgan fingerprint density at radius 2 is 1.94 bits per heavy atom. The van der Waals surface area contributed by atoms with Crippen LogP contribution in [-0.4, -0.2) is 56.9 Å². The van der Waals surface area contributed by atoms with Gasteiger partial charge in [0.1, 0.15) is 12.4 Å². The third-order valence-electron chi connectivity index (χ3n) is 5.56. The predicted octanol–water partition coefficient (Wildman–Crippen LogP) is 3.79. The first-order valence-corrected chi connectivity index (χ1v) is 11.3. The van der Waals surface area contributed by atoms with Gasteiger partial charge in [-0.15, -0.1) is 0 Å². The van der Waals surface area contributed by atoms with Crippen LogP contribution in [0.3, 0.4) is 0 Å².